The van der Waals surface area contributed by atoms with Crippen molar-refractivity contribution in [1.82, 2.24) is 10.3 Å². The van der Waals surface area contributed by atoms with Gasteiger partial charge in [-0.25, -0.2) is 9.37 Å². The molecule has 0 atom stereocenters. The monoisotopic (exact) mass is 308 g/mol. The largest absolute Gasteiger partial charge is 0.493 e. The Balaban J connectivity index is 1.91. The van der Waals surface area contributed by atoms with Crippen LogP contribution < -0.4 is 10.1 Å². The molecule has 3 nitrogen and oxygen atoms in total. The van der Waals surface area contributed by atoms with Crippen molar-refractivity contribution in [1.29, 1.82) is 0 Å². The van der Waals surface area contributed by atoms with Gasteiger partial charge in [-0.05, 0) is 24.6 Å². The number of benzene rings is 1. The molecule has 0 aliphatic carbocycles. The third-order valence-corrected chi connectivity index (χ3v) is 4.08. The summed E-state index contributed by atoms with van der Waals surface area (Å²) in [4.78, 5) is 5.42. The summed E-state index contributed by atoms with van der Waals surface area (Å²) in [5, 5.41) is 3.27. The standard InChI is InChI=1S/C16H21FN2OS/c1-11(2)18-9-13-6-14(17)8-15(7-13)20-5-4-16-12(3)19-10-21-16/h6-8,10-11,18H,4-5,9H2,1-3H3. The minimum atomic E-state index is -0.262. The summed E-state index contributed by atoms with van der Waals surface area (Å²) in [5.74, 6) is 0.319. The average molecular weight is 308 g/mol. The normalized spacial score (nSPS) is 11.1. The van der Waals surface area contributed by atoms with Crippen molar-refractivity contribution >= 4 is 11.3 Å². The highest BCUT2D eigenvalue weighted by molar-refractivity contribution is 7.09. The Morgan fingerprint density at radius 3 is 2.81 bits per heavy atom. The Labute approximate surface area is 129 Å². The van der Waals surface area contributed by atoms with E-state index in [0.717, 1.165) is 17.7 Å². The molecule has 0 amide bonds. The molecule has 0 spiro atoms. The first kappa shape index (κ1) is 15.9. The number of aromatic nitrogens is 1. The van der Waals surface area contributed by atoms with Gasteiger partial charge in [0.25, 0.3) is 0 Å². The number of thiazole rings is 1. The van der Waals surface area contributed by atoms with E-state index in [9.17, 15) is 4.39 Å². The maximum atomic E-state index is 13.6. The minimum absolute atomic E-state index is 0.262. The Kier molecular flexibility index (Phi) is 5.70. The van der Waals surface area contributed by atoms with Gasteiger partial charge in [-0.2, -0.15) is 0 Å². The van der Waals surface area contributed by atoms with Crippen LogP contribution in [0.15, 0.2) is 23.7 Å². The fourth-order valence-corrected chi connectivity index (χ4v) is 2.72. The van der Waals surface area contributed by atoms with Gasteiger partial charge in [0.1, 0.15) is 11.6 Å². The van der Waals surface area contributed by atoms with Gasteiger partial charge in [0.15, 0.2) is 0 Å². The van der Waals surface area contributed by atoms with E-state index in [0.29, 0.717) is 24.9 Å². The summed E-state index contributed by atoms with van der Waals surface area (Å²) in [5.41, 5.74) is 3.78. The van der Waals surface area contributed by atoms with Crippen molar-refractivity contribution in [2.24, 2.45) is 0 Å². The van der Waals surface area contributed by atoms with E-state index in [1.54, 1.807) is 11.3 Å². The molecule has 0 saturated heterocycles. The molecule has 1 aromatic heterocycles. The second kappa shape index (κ2) is 7.52. The van der Waals surface area contributed by atoms with Gasteiger partial charge in [-0.3, -0.25) is 0 Å². The number of halogens is 1. The van der Waals surface area contributed by atoms with Gasteiger partial charge in [0.2, 0.25) is 0 Å². The van der Waals surface area contributed by atoms with Crippen molar-refractivity contribution in [2.75, 3.05) is 6.61 Å². The van der Waals surface area contributed by atoms with E-state index in [1.807, 2.05) is 18.5 Å². The van der Waals surface area contributed by atoms with Crippen molar-refractivity contribution in [3.8, 4) is 5.75 Å². The van der Waals surface area contributed by atoms with E-state index < -0.39 is 0 Å². The summed E-state index contributed by atoms with van der Waals surface area (Å²) in [6, 6.07) is 5.22. The van der Waals surface area contributed by atoms with Gasteiger partial charge in [0, 0.05) is 30.0 Å². The number of nitrogens with zero attached hydrogens (tertiary/aromatic N) is 1. The smallest absolute Gasteiger partial charge is 0.127 e. The zero-order valence-electron chi connectivity index (χ0n) is 12.6. The Hall–Kier alpha value is -1.46. The number of nitrogens with one attached hydrogen (secondary N) is 1. The number of ether oxygens (including phenoxy) is 1. The summed E-state index contributed by atoms with van der Waals surface area (Å²) < 4.78 is 19.3. The van der Waals surface area contributed by atoms with Crippen LogP contribution >= 0.6 is 11.3 Å². The molecule has 0 aliphatic rings. The van der Waals surface area contributed by atoms with Crippen molar-refractivity contribution in [3.63, 3.8) is 0 Å². The van der Waals surface area contributed by atoms with Gasteiger partial charge >= 0.3 is 0 Å². The molecule has 1 N–H and O–H groups in total. The van der Waals surface area contributed by atoms with Crippen LogP contribution in [0.25, 0.3) is 0 Å². The maximum Gasteiger partial charge on any atom is 0.127 e. The van der Waals surface area contributed by atoms with Crippen molar-refractivity contribution in [2.45, 2.75) is 39.8 Å². The highest BCUT2D eigenvalue weighted by atomic mass is 32.1. The molecule has 0 saturated carbocycles. The van der Waals surface area contributed by atoms with Crippen LogP contribution in [0.1, 0.15) is 30.0 Å². The topological polar surface area (TPSA) is 34.1 Å². The molecule has 0 unspecified atom stereocenters. The lowest BCUT2D eigenvalue weighted by Gasteiger charge is -2.11. The first-order valence-electron chi connectivity index (χ1n) is 7.09. The van der Waals surface area contributed by atoms with Gasteiger partial charge in [-0.15, -0.1) is 11.3 Å². The highest BCUT2D eigenvalue weighted by Crippen LogP contribution is 2.18. The Morgan fingerprint density at radius 2 is 2.14 bits per heavy atom. The van der Waals surface area contributed by atoms with E-state index in [2.05, 4.69) is 24.1 Å². The maximum absolute atomic E-state index is 13.6. The summed E-state index contributed by atoms with van der Waals surface area (Å²) >= 11 is 1.63. The van der Waals surface area contributed by atoms with E-state index in [-0.39, 0.29) is 5.82 Å². The zero-order valence-corrected chi connectivity index (χ0v) is 13.5. The number of hydrogen-bond donors (Lipinski definition) is 1. The number of hydrogen-bond acceptors (Lipinski definition) is 4. The molecule has 1 aromatic carbocycles. The molecule has 2 rings (SSSR count). The summed E-state index contributed by atoms with van der Waals surface area (Å²) in [7, 11) is 0. The fraction of sp³-hybridized carbons (Fsp3) is 0.438. The number of rotatable bonds is 7. The number of aryl methyl sites for hydroxylation is 1. The van der Waals surface area contributed by atoms with E-state index in [1.165, 1.54) is 17.0 Å². The Morgan fingerprint density at radius 1 is 1.33 bits per heavy atom. The van der Waals surface area contributed by atoms with E-state index in [4.69, 9.17) is 4.74 Å². The molecule has 0 aliphatic heterocycles. The van der Waals surface area contributed by atoms with Crippen molar-refractivity contribution < 1.29 is 9.13 Å². The van der Waals surface area contributed by atoms with Crippen LogP contribution in [0.5, 0.6) is 5.75 Å². The predicted molar refractivity (Wildman–Crippen MR) is 84.4 cm³/mol. The van der Waals surface area contributed by atoms with Crippen LogP contribution in [0.2, 0.25) is 0 Å². The molecule has 0 radical (unpaired) electrons. The van der Waals surface area contributed by atoms with Crippen LogP contribution in [0.4, 0.5) is 4.39 Å². The third kappa shape index (κ3) is 5.10. The highest BCUT2D eigenvalue weighted by Gasteiger charge is 2.05. The fourth-order valence-electron chi connectivity index (χ4n) is 1.96. The second-order valence-corrected chi connectivity index (χ2v) is 6.23. The molecule has 21 heavy (non-hydrogen) atoms. The molecular weight excluding hydrogens is 287 g/mol. The molecule has 0 fully saturated rings. The molecular formula is C16H21FN2OS. The molecule has 5 heteroatoms. The molecule has 0 bridgehead atoms. The predicted octanol–water partition coefficient (Wildman–Crippen LogP) is 3.71. The average Bonchev–Trinajstić information content (AvgIpc) is 2.82. The van der Waals surface area contributed by atoms with Crippen molar-refractivity contribution in [3.05, 3.63) is 45.7 Å². The first-order chi connectivity index (χ1) is 10.0. The Bertz CT molecular complexity index is 583. The lowest BCUT2D eigenvalue weighted by molar-refractivity contribution is 0.320. The summed E-state index contributed by atoms with van der Waals surface area (Å²) in [6.45, 7) is 7.29. The lowest BCUT2D eigenvalue weighted by atomic mass is 10.2. The van der Waals surface area contributed by atoms with E-state index >= 15 is 0 Å². The van der Waals surface area contributed by atoms with Crippen LogP contribution in [0, 0.1) is 12.7 Å². The van der Waals surface area contributed by atoms with Gasteiger partial charge in [0.05, 0.1) is 17.8 Å². The minimum Gasteiger partial charge on any atom is -0.493 e. The SMILES string of the molecule is Cc1ncsc1CCOc1cc(F)cc(CNC(C)C)c1. The lowest BCUT2D eigenvalue weighted by Crippen LogP contribution is -2.21. The molecule has 2 aromatic rings. The first-order valence-corrected chi connectivity index (χ1v) is 7.97. The zero-order chi connectivity index (χ0) is 15.2. The third-order valence-electron chi connectivity index (χ3n) is 3.09. The second-order valence-electron chi connectivity index (χ2n) is 5.29. The molecule has 114 valence electrons. The summed E-state index contributed by atoms with van der Waals surface area (Å²) in [6.07, 6.45) is 0.798. The van der Waals surface area contributed by atoms with Crippen LogP contribution in [-0.2, 0) is 13.0 Å². The quantitative estimate of drug-likeness (QED) is 0.846. The van der Waals surface area contributed by atoms with Gasteiger partial charge < -0.3 is 10.1 Å². The molecule has 1 heterocycles. The van der Waals surface area contributed by atoms with Crippen LogP contribution in [-0.4, -0.2) is 17.6 Å². The van der Waals surface area contributed by atoms with Crippen LogP contribution in [0.3, 0.4) is 0 Å². The van der Waals surface area contributed by atoms with Gasteiger partial charge in [-0.1, -0.05) is 13.8 Å².